The third-order valence-electron chi connectivity index (χ3n) is 3.13. The molecule has 1 saturated heterocycles. The largest absolute Gasteiger partial charge is 0.351 e. The first-order chi connectivity index (χ1) is 8.36. The van der Waals surface area contributed by atoms with Crippen LogP contribution >= 0.6 is 0 Å². The van der Waals surface area contributed by atoms with Crippen molar-refractivity contribution in [3.63, 3.8) is 0 Å². The Morgan fingerprint density at radius 3 is 2.94 bits per heavy atom. The minimum Gasteiger partial charge on any atom is -0.351 e. The summed E-state index contributed by atoms with van der Waals surface area (Å²) in [6, 6.07) is 0. The van der Waals surface area contributed by atoms with Gasteiger partial charge in [0.1, 0.15) is 5.69 Å². The van der Waals surface area contributed by atoms with Crippen LogP contribution in [-0.2, 0) is 0 Å². The lowest BCUT2D eigenvalue weighted by Crippen LogP contribution is -2.33. The normalized spacial score (nSPS) is 16.9. The number of H-pyrrole nitrogens is 1. The Labute approximate surface area is 102 Å². The highest BCUT2D eigenvalue weighted by molar-refractivity contribution is 5.91. The monoisotopic (exact) mass is 236 g/mol. The zero-order valence-corrected chi connectivity index (χ0v) is 10.1. The average molecular weight is 236 g/mol. The molecular formula is C12H20N4O. The zero-order valence-electron chi connectivity index (χ0n) is 10.1. The van der Waals surface area contributed by atoms with Gasteiger partial charge in [-0.05, 0) is 38.9 Å². The standard InChI is InChI=1S/C12H20N4O/c17-12(11-9-13-10-15-11)14-5-4-8-16-6-2-1-3-7-16/h9-10H,1-8H2,(H,13,15)(H,14,17). The van der Waals surface area contributed by atoms with E-state index in [0.29, 0.717) is 5.69 Å². The summed E-state index contributed by atoms with van der Waals surface area (Å²) in [5, 5.41) is 2.89. The van der Waals surface area contributed by atoms with Crippen LogP contribution in [0.1, 0.15) is 36.2 Å². The predicted molar refractivity (Wildman–Crippen MR) is 65.8 cm³/mol. The van der Waals surface area contributed by atoms with Crippen molar-refractivity contribution < 1.29 is 4.79 Å². The number of carbonyl (C=O) groups excluding carboxylic acids is 1. The summed E-state index contributed by atoms with van der Waals surface area (Å²) in [6.45, 7) is 4.25. The fourth-order valence-electron chi connectivity index (χ4n) is 2.16. The molecule has 0 atom stereocenters. The van der Waals surface area contributed by atoms with E-state index in [1.54, 1.807) is 6.20 Å². The molecule has 2 heterocycles. The number of rotatable bonds is 5. The van der Waals surface area contributed by atoms with Crippen LogP contribution in [0.5, 0.6) is 0 Å². The summed E-state index contributed by atoms with van der Waals surface area (Å²) in [7, 11) is 0. The van der Waals surface area contributed by atoms with Crippen molar-refractivity contribution >= 4 is 5.91 Å². The number of piperidine rings is 1. The molecule has 0 unspecified atom stereocenters. The second kappa shape index (κ2) is 6.39. The summed E-state index contributed by atoms with van der Waals surface area (Å²) in [5.74, 6) is -0.0684. The van der Waals surface area contributed by atoms with Crippen molar-refractivity contribution in [2.45, 2.75) is 25.7 Å². The number of likely N-dealkylation sites (tertiary alicyclic amines) is 1. The summed E-state index contributed by atoms with van der Waals surface area (Å²) in [6.07, 6.45) is 8.08. The van der Waals surface area contributed by atoms with Gasteiger partial charge in [0, 0.05) is 6.54 Å². The van der Waals surface area contributed by atoms with Gasteiger partial charge in [0.25, 0.3) is 5.91 Å². The van der Waals surface area contributed by atoms with Gasteiger partial charge in [-0.15, -0.1) is 0 Å². The van der Waals surface area contributed by atoms with Crippen LogP contribution in [0.4, 0.5) is 0 Å². The molecule has 1 amide bonds. The van der Waals surface area contributed by atoms with Gasteiger partial charge < -0.3 is 15.2 Å². The Kier molecular flexibility index (Phi) is 4.55. The Hall–Kier alpha value is -1.36. The van der Waals surface area contributed by atoms with E-state index < -0.39 is 0 Å². The van der Waals surface area contributed by atoms with E-state index >= 15 is 0 Å². The number of carbonyl (C=O) groups is 1. The smallest absolute Gasteiger partial charge is 0.269 e. The molecule has 0 spiro atoms. The van der Waals surface area contributed by atoms with Crippen molar-refractivity contribution in [1.82, 2.24) is 20.2 Å². The first-order valence-corrected chi connectivity index (χ1v) is 6.35. The van der Waals surface area contributed by atoms with E-state index in [1.807, 2.05) is 0 Å². The van der Waals surface area contributed by atoms with Crippen LogP contribution in [0.25, 0.3) is 0 Å². The quantitative estimate of drug-likeness (QED) is 0.750. The van der Waals surface area contributed by atoms with Crippen molar-refractivity contribution in [3.05, 3.63) is 18.2 Å². The Balaban J connectivity index is 1.58. The van der Waals surface area contributed by atoms with E-state index in [9.17, 15) is 4.79 Å². The third kappa shape index (κ3) is 3.85. The second-order valence-electron chi connectivity index (χ2n) is 4.48. The minimum atomic E-state index is -0.0684. The van der Waals surface area contributed by atoms with Gasteiger partial charge in [0.2, 0.25) is 0 Å². The van der Waals surface area contributed by atoms with Crippen LogP contribution in [-0.4, -0.2) is 47.0 Å². The molecule has 1 aromatic heterocycles. The molecule has 1 fully saturated rings. The highest BCUT2D eigenvalue weighted by Crippen LogP contribution is 2.08. The zero-order chi connectivity index (χ0) is 11.9. The SMILES string of the molecule is O=C(NCCCN1CCCCC1)c1cnc[nH]1. The van der Waals surface area contributed by atoms with Gasteiger partial charge in [-0.1, -0.05) is 6.42 Å². The van der Waals surface area contributed by atoms with E-state index in [2.05, 4.69) is 20.2 Å². The number of nitrogens with one attached hydrogen (secondary N) is 2. The van der Waals surface area contributed by atoms with Crippen molar-refractivity contribution in [2.24, 2.45) is 0 Å². The molecule has 1 aromatic rings. The average Bonchev–Trinajstić information content (AvgIpc) is 2.89. The molecular weight excluding hydrogens is 216 g/mol. The fraction of sp³-hybridized carbons (Fsp3) is 0.667. The van der Waals surface area contributed by atoms with Gasteiger partial charge in [0.15, 0.2) is 0 Å². The van der Waals surface area contributed by atoms with Gasteiger partial charge in [0.05, 0.1) is 12.5 Å². The van der Waals surface area contributed by atoms with E-state index in [0.717, 1.165) is 19.5 Å². The first kappa shape index (κ1) is 12.1. The van der Waals surface area contributed by atoms with Crippen LogP contribution in [0.2, 0.25) is 0 Å². The van der Waals surface area contributed by atoms with Gasteiger partial charge in [-0.2, -0.15) is 0 Å². The number of nitrogens with zero attached hydrogens (tertiary/aromatic N) is 2. The summed E-state index contributed by atoms with van der Waals surface area (Å²) >= 11 is 0. The Morgan fingerprint density at radius 1 is 1.41 bits per heavy atom. The molecule has 1 aliphatic heterocycles. The number of aromatic nitrogens is 2. The highest BCUT2D eigenvalue weighted by atomic mass is 16.1. The molecule has 1 aliphatic rings. The van der Waals surface area contributed by atoms with Crippen molar-refractivity contribution in [1.29, 1.82) is 0 Å². The van der Waals surface area contributed by atoms with Gasteiger partial charge >= 0.3 is 0 Å². The number of hydrogen-bond acceptors (Lipinski definition) is 3. The van der Waals surface area contributed by atoms with E-state index in [-0.39, 0.29) is 5.91 Å². The first-order valence-electron chi connectivity index (χ1n) is 6.35. The van der Waals surface area contributed by atoms with Crippen molar-refractivity contribution in [3.8, 4) is 0 Å². The Morgan fingerprint density at radius 2 is 2.24 bits per heavy atom. The van der Waals surface area contributed by atoms with Gasteiger partial charge in [-0.25, -0.2) is 4.98 Å². The number of hydrogen-bond donors (Lipinski definition) is 2. The minimum absolute atomic E-state index is 0.0684. The van der Waals surface area contributed by atoms with E-state index in [1.165, 1.54) is 38.7 Å². The number of aromatic amines is 1. The molecule has 0 aromatic carbocycles. The highest BCUT2D eigenvalue weighted by Gasteiger charge is 2.10. The Bertz CT molecular complexity index is 330. The maximum absolute atomic E-state index is 11.6. The molecule has 94 valence electrons. The number of imidazole rings is 1. The third-order valence-corrected chi connectivity index (χ3v) is 3.13. The lowest BCUT2D eigenvalue weighted by atomic mass is 10.1. The molecule has 2 N–H and O–H groups in total. The topological polar surface area (TPSA) is 61.0 Å². The molecule has 5 nitrogen and oxygen atoms in total. The van der Waals surface area contributed by atoms with E-state index in [4.69, 9.17) is 0 Å². The second-order valence-corrected chi connectivity index (χ2v) is 4.48. The number of amides is 1. The van der Waals surface area contributed by atoms with Crippen LogP contribution in [0.3, 0.4) is 0 Å². The van der Waals surface area contributed by atoms with Crippen LogP contribution in [0.15, 0.2) is 12.5 Å². The van der Waals surface area contributed by atoms with Crippen LogP contribution < -0.4 is 5.32 Å². The molecule has 2 rings (SSSR count). The summed E-state index contributed by atoms with van der Waals surface area (Å²) in [4.78, 5) is 20.7. The lowest BCUT2D eigenvalue weighted by Gasteiger charge is -2.26. The molecule has 0 radical (unpaired) electrons. The molecule has 17 heavy (non-hydrogen) atoms. The maximum atomic E-state index is 11.6. The molecule has 0 aliphatic carbocycles. The fourth-order valence-corrected chi connectivity index (χ4v) is 2.16. The summed E-state index contributed by atoms with van der Waals surface area (Å²) in [5.41, 5.74) is 0.531. The lowest BCUT2D eigenvalue weighted by molar-refractivity contribution is 0.0946. The molecule has 5 heteroatoms. The molecule has 0 saturated carbocycles. The summed E-state index contributed by atoms with van der Waals surface area (Å²) < 4.78 is 0. The van der Waals surface area contributed by atoms with Gasteiger partial charge in [-0.3, -0.25) is 4.79 Å². The predicted octanol–water partition coefficient (Wildman–Crippen LogP) is 1.02. The molecule has 0 bridgehead atoms. The maximum Gasteiger partial charge on any atom is 0.269 e. The van der Waals surface area contributed by atoms with Crippen LogP contribution in [0, 0.1) is 0 Å². The van der Waals surface area contributed by atoms with Crippen molar-refractivity contribution in [2.75, 3.05) is 26.2 Å².